The zero-order chi connectivity index (χ0) is 15.7. The van der Waals surface area contributed by atoms with Crippen LogP contribution >= 0.6 is 11.8 Å². The summed E-state index contributed by atoms with van der Waals surface area (Å²) in [5, 5.41) is 10.2. The first-order valence-corrected chi connectivity index (χ1v) is 7.73. The Balaban J connectivity index is 2.54. The molecule has 3 rings (SSSR count). The molecule has 2 aromatic heterocycles. The van der Waals surface area contributed by atoms with E-state index in [1.54, 1.807) is 6.92 Å². The molecule has 22 heavy (non-hydrogen) atoms. The molecule has 0 spiro atoms. The van der Waals surface area contributed by atoms with Gasteiger partial charge in [0, 0.05) is 12.5 Å². The fourth-order valence-electron chi connectivity index (χ4n) is 2.28. The summed E-state index contributed by atoms with van der Waals surface area (Å²) in [5.74, 6) is 0.228. The first kappa shape index (κ1) is 14.3. The molecule has 0 N–H and O–H groups in total. The Morgan fingerprint density at radius 1 is 1.23 bits per heavy atom. The Morgan fingerprint density at radius 3 is 2.59 bits per heavy atom. The molecule has 0 atom stereocenters. The van der Waals surface area contributed by atoms with Crippen LogP contribution in [0.1, 0.15) is 11.5 Å². The zero-order valence-corrected chi connectivity index (χ0v) is 12.8. The van der Waals surface area contributed by atoms with Crippen LogP contribution < -0.4 is 5.63 Å². The minimum atomic E-state index is -0.530. The average molecular weight is 309 g/mol. The summed E-state index contributed by atoms with van der Waals surface area (Å²) >= 11 is 1.35. The molecule has 0 saturated heterocycles. The van der Waals surface area contributed by atoms with Crippen molar-refractivity contribution in [1.82, 2.24) is 9.97 Å². The van der Waals surface area contributed by atoms with Crippen molar-refractivity contribution in [2.24, 2.45) is 0 Å². The molecule has 0 fully saturated rings. The molecule has 0 aliphatic carbocycles. The second-order valence-corrected chi connectivity index (χ2v) is 5.36. The average Bonchev–Trinajstić information content (AvgIpc) is 2.53. The summed E-state index contributed by atoms with van der Waals surface area (Å²) in [6.07, 6.45) is 1.84. The molecule has 0 aliphatic heterocycles. The van der Waals surface area contributed by atoms with Gasteiger partial charge < -0.3 is 4.42 Å². The van der Waals surface area contributed by atoms with Crippen molar-refractivity contribution in [2.75, 3.05) is 6.26 Å². The quantitative estimate of drug-likeness (QED) is 0.676. The number of hydrogen-bond acceptors (Lipinski definition) is 6. The third-order valence-corrected chi connectivity index (χ3v) is 3.89. The second-order valence-electron chi connectivity index (χ2n) is 4.57. The Labute approximate surface area is 130 Å². The summed E-state index contributed by atoms with van der Waals surface area (Å²) in [6.45, 7) is 1.59. The second kappa shape index (κ2) is 5.62. The standard InChI is InChI=1S/C16H11N3O2S/c1-9-18-14-11(8-17)15(22-2)19-13(12(14)16(20)21-9)10-6-4-3-5-7-10/h3-7H,1-2H3. The Hall–Kier alpha value is -2.65. The van der Waals surface area contributed by atoms with E-state index in [0.29, 0.717) is 21.8 Å². The van der Waals surface area contributed by atoms with Crippen LogP contribution in [0.25, 0.3) is 22.2 Å². The SMILES string of the molecule is CSc1nc(-c2ccccc2)c2c(=O)oc(C)nc2c1C#N. The third kappa shape index (κ3) is 2.26. The number of thioether (sulfide) groups is 1. The van der Waals surface area contributed by atoms with Crippen molar-refractivity contribution >= 4 is 22.7 Å². The normalized spacial score (nSPS) is 10.6. The summed E-state index contributed by atoms with van der Waals surface area (Å²) in [6, 6.07) is 11.4. The maximum absolute atomic E-state index is 12.3. The lowest BCUT2D eigenvalue weighted by atomic mass is 10.1. The maximum Gasteiger partial charge on any atom is 0.349 e. The molecule has 2 heterocycles. The summed E-state index contributed by atoms with van der Waals surface area (Å²) in [5.41, 5.74) is 1.39. The van der Waals surface area contributed by atoms with E-state index in [-0.39, 0.29) is 11.3 Å². The number of pyridine rings is 1. The molecule has 0 unspecified atom stereocenters. The number of benzene rings is 1. The minimum Gasteiger partial charge on any atom is -0.408 e. The van der Waals surface area contributed by atoms with Crippen LogP contribution in [0.5, 0.6) is 0 Å². The molecular formula is C16H11N3O2S. The van der Waals surface area contributed by atoms with E-state index < -0.39 is 5.63 Å². The third-order valence-electron chi connectivity index (χ3n) is 3.20. The molecule has 1 aromatic carbocycles. The van der Waals surface area contributed by atoms with Crippen molar-refractivity contribution < 1.29 is 4.42 Å². The van der Waals surface area contributed by atoms with Gasteiger partial charge in [-0.3, -0.25) is 0 Å². The largest absolute Gasteiger partial charge is 0.408 e. The molecule has 0 bridgehead atoms. The van der Waals surface area contributed by atoms with Gasteiger partial charge in [-0.2, -0.15) is 5.26 Å². The molecule has 0 aliphatic rings. The summed E-state index contributed by atoms with van der Waals surface area (Å²) in [4.78, 5) is 21.0. The van der Waals surface area contributed by atoms with E-state index in [0.717, 1.165) is 5.56 Å². The Bertz CT molecular complexity index is 959. The van der Waals surface area contributed by atoms with Gasteiger partial charge in [0.2, 0.25) is 0 Å². The lowest BCUT2D eigenvalue weighted by molar-refractivity contribution is 0.467. The van der Waals surface area contributed by atoms with E-state index in [4.69, 9.17) is 4.42 Å². The highest BCUT2D eigenvalue weighted by atomic mass is 32.2. The van der Waals surface area contributed by atoms with Crippen LogP contribution in [0.15, 0.2) is 44.6 Å². The number of hydrogen-bond donors (Lipinski definition) is 0. The molecule has 0 saturated carbocycles. The number of fused-ring (bicyclic) bond motifs is 1. The summed E-state index contributed by atoms with van der Waals surface area (Å²) < 4.78 is 5.10. The fraction of sp³-hybridized carbons (Fsp3) is 0.125. The van der Waals surface area contributed by atoms with Crippen LogP contribution in [-0.2, 0) is 0 Å². The molecule has 0 amide bonds. The molecule has 5 nitrogen and oxygen atoms in total. The molecule has 0 radical (unpaired) electrons. The highest BCUT2D eigenvalue weighted by Gasteiger charge is 2.19. The van der Waals surface area contributed by atoms with E-state index >= 15 is 0 Å². The van der Waals surface area contributed by atoms with Gasteiger partial charge in [-0.15, -0.1) is 11.8 Å². The van der Waals surface area contributed by atoms with Gasteiger partial charge in [-0.25, -0.2) is 14.8 Å². The number of aryl methyl sites for hydroxylation is 1. The predicted octanol–water partition coefficient (Wildman–Crippen LogP) is 3.15. The topological polar surface area (TPSA) is 79.8 Å². The van der Waals surface area contributed by atoms with Crippen LogP contribution in [0.4, 0.5) is 0 Å². The molecular weight excluding hydrogens is 298 g/mol. The van der Waals surface area contributed by atoms with Crippen molar-refractivity contribution in [3.63, 3.8) is 0 Å². The molecule has 6 heteroatoms. The van der Waals surface area contributed by atoms with Gasteiger partial charge in [0.15, 0.2) is 5.89 Å². The predicted molar refractivity (Wildman–Crippen MR) is 84.7 cm³/mol. The number of rotatable bonds is 2. The first-order valence-electron chi connectivity index (χ1n) is 6.50. The van der Waals surface area contributed by atoms with Gasteiger partial charge >= 0.3 is 5.63 Å². The van der Waals surface area contributed by atoms with E-state index in [1.807, 2.05) is 36.6 Å². The van der Waals surface area contributed by atoms with Crippen LogP contribution in [0.3, 0.4) is 0 Å². The van der Waals surface area contributed by atoms with Gasteiger partial charge in [-0.1, -0.05) is 30.3 Å². The van der Waals surface area contributed by atoms with Gasteiger partial charge in [-0.05, 0) is 6.26 Å². The highest BCUT2D eigenvalue weighted by molar-refractivity contribution is 7.98. The van der Waals surface area contributed by atoms with Crippen molar-refractivity contribution in [1.29, 1.82) is 5.26 Å². The van der Waals surface area contributed by atoms with E-state index in [1.165, 1.54) is 11.8 Å². The number of nitrogens with zero attached hydrogens (tertiary/aromatic N) is 3. The fourth-order valence-corrected chi connectivity index (χ4v) is 2.80. The number of nitriles is 1. The van der Waals surface area contributed by atoms with E-state index in [9.17, 15) is 10.1 Å². The molecule has 108 valence electrons. The highest BCUT2D eigenvalue weighted by Crippen LogP contribution is 2.31. The smallest absolute Gasteiger partial charge is 0.349 e. The van der Waals surface area contributed by atoms with Crippen molar-refractivity contribution in [3.05, 3.63) is 52.2 Å². The summed E-state index contributed by atoms with van der Waals surface area (Å²) in [7, 11) is 0. The van der Waals surface area contributed by atoms with Crippen LogP contribution in [-0.4, -0.2) is 16.2 Å². The Kier molecular flexibility index (Phi) is 3.65. The van der Waals surface area contributed by atoms with Gasteiger partial charge in [0.1, 0.15) is 27.6 Å². The van der Waals surface area contributed by atoms with Crippen LogP contribution in [0.2, 0.25) is 0 Å². The van der Waals surface area contributed by atoms with Gasteiger partial charge in [0.25, 0.3) is 0 Å². The monoisotopic (exact) mass is 309 g/mol. The molecule has 3 aromatic rings. The lowest BCUT2D eigenvalue weighted by Crippen LogP contribution is -2.08. The maximum atomic E-state index is 12.3. The minimum absolute atomic E-state index is 0.228. The van der Waals surface area contributed by atoms with Crippen LogP contribution in [0, 0.1) is 18.3 Å². The zero-order valence-electron chi connectivity index (χ0n) is 12.0. The van der Waals surface area contributed by atoms with Gasteiger partial charge in [0.05, 0.1) is 5.69 Å². The van der Waals surface area contributed by atoms with Crippen molar-refractivity contribution in [2.45, 2.75) is 11.9 Å². The number of aromatic nitrogens is 2. The van der Waals surface area contributed by atoms with Crippen molar-refractivity contribution in [3.8, 4) is 17.3 Å². The first-order chi connectivity index (χ1) is 10.7. The lowest BCUT2D eigenvalue weighted by Gasteiger charge is -2.09. The van der Waals surface area contributed by atoms with E-state index in [2.05, 4.69) is 16.0 Å². The Morgan fingerprint density at radius 2 is 1.95 bits per heavy atom.